The smallest absolute Gasteiger partial charge is 0.293 e. The predicted octanol–water partition coefficient (Wildman–Crippen LogP) is 2.52. The van der Waals surface area contributed by atoms with Gasteiger partial charge in [-0.2, -0.15) is 14.6 Å². The molecule has 0 amide bonds. The molecule has 0 bridgehead atoms. The predicted molar refractivity (Wildman–Crippen MR) is 90.6 cm³/mol. The number of nitrogens with one attached hydrogen (secondary N) is 2. The summed E-state index contributed by atoms with van der Waals surface area (Å²) in [6.45, 7) is 2.87. The van der Waals surface area contributed by atoms with Gasteiger partial charge in [0.05, 0.1) is 4.92 Å². The normalized spacial score (nSPS) is 10.8. The number of anilines is 2. The lowest BCUT2D eigenvalue weighted by Crippen LogP contribution is -2.16. The number of aryl methyl sites for hydroxylation is 1. The van der Waals surface area contributed by atoms with Crippen molar-refractivity contribution in [2.75, 3.05) is 23.7 Å². The zero-order valence-electron chi connectivity index (χ0n) is 12.7. The summed E-state index contributed by atoms with van der Waals surface area (Å²) in [5.74, 6) is 1.27. The second-order valence-corrected chi connectivity index (χ2v) is 5.46. The molecule has 0 aliphatic carbocycles. The van der Waals surface area contributed by atoms with E-state index in [-0.39, 0.29) is 5.69 Å². The molecule has 124 valence electrons. The summed E-state index contributed by atoms with van der Waals surface area (Å²) in [5, 5.41) is 21.7. The Balaban J connectivity index is 1.65. The van der Waals surface area contributed by atoms with E-state index < -0.39 is 4.92 Å². The minimum atomic E-state index is -0.465. The number of halogens is 1. The van der Waals surface area contributed by atoms with Gasteiger partial charge in [0.1, 0.15) is 17.8 Å². The number of hydrogen-bond donors (Lipinski definition) is 2. The minimum absolute atomic E-state index is 0.0547. The average molecular weight is 348 g/mol. The number of aromatic nitrogens is 4. The molecule has 9 nitrogen and oxygen atoms in total. The fourth-order valence-corrected chi connectivity index (χ4v) is 2.42. The largest absolute Gasteiger partial charge is 0.378 e. The molecule has 2 aromatic heterocycles. The van der Waals surface area contributed by atoms with Crippen molar-refractivity contribution in [1.29, 1.82) is 0 Å². The number of nitrogens with zero attached hydrogens (tertiary/aromatic N) is 5. The van der Waals surface area contributed by atoms with Gasteiger partial charge in [0.2, 0.25) is 0 Å². The molecule has 3 aromatic rings. The number of benzene rings is 1. The van der Waals surface area contributed by atoms with Crippen LogP contribution < -0.4 is 10.6 Å². The van der Waals surface area contributed by atoms with Crippen LogP contribution in [0, 0.1) is 17.0 Å². The molecule has 0 fully saturated rings. The van der Waals surface area contributed by atoms with Crippen LogP contribution in [-0.2, 0) is 0 Å². The first-order chi connectivity index (χ1) is 11.5. The summed E-state index contributed by atoms with van der Waals surface area (Å²) >= 11 is 5.80. The second kappa shape index (κ2) is 6.67. The monoisotopic (exact) mass is 347 g/mol. The zero-order chi connectivity index (χ0) is 17.1. The first kappa shape index (κ1) is 15.9. The zero-order valence-corrected chi connectivity index (χ0v) is 13.5. The lowest BCUT2D eigenvalue weighted by Gasteiger charge is -2.10. The molecule has 0 unspecified atom stereocenters. The number of nitro groups is 1. The number of hydrogen-bond acceptors (Lipinski definition) is 7. The average Bonchev–Trinajstić information content (AvgIpc) is 3.00. The first-order valence-corrected chi connectivity index (χ1v) is 7.51. The highest BCUT2D eigenvalue weighted by Gasteiger charge is 2.13. The number of rotatable bonds is 6. The van der Waals surface area contributed by atoms with E-state index >= 15 is 0 Å². The van der Waals surface area contributed by atoms with Crippen LogP contribution >= 0.6 is 11.6 Å². The van der Waals surface area contributed by atoms with Gasteiger partial charge in [-0.3, -0.25) is 10.1 Å². The third kappa shape index (κ3) is 3.35. The van der Waals surface area contributed by atoms with Gasteiger partial charge >= 0.3 is 0 Å². The molecular formula is C14H14ClN7O2. The van der Waals surface area contributed by atoms with Crippen molar-refractivity contribution in [2.45, 2.75) is 6.92 Å². The van der Waals surface area contributed by atoms with E-state index in [4.69, 9.17) is 11.6 Å². The maximum atomic E-state index is 11.0. The highest BCUT2D eigenvalue weighted by Crippen LogP contribution is 2.27. The van der Waals surface area contributed by atoms with Crippen LogP contribution in [0.2, 0.25) is 5.02 Å². The molecule has 0 saturated heterocycles. The molecule has 10 heteroatoms. The van der Waals surface area contributed by atoms with Crippen molar-refractivity contribution in [3.63, 3.8) is 0 Å². The Bertz CT molecular complexity index is 896. The second-order valence-electron chi connectivity index (χ2n) is 5.03. The van der Waals surface area contributed by atoms with Crippen LogP contribution in [0.3, 0.4) is 0 Å². The Labute approximate surface area is 141 Å². The van der Waals surface area contributed by atoms with Gasteiger partial charge in [-0.1, -0.05) is 11.6 Å². The summed E-state index contributed by atoms with van der Waals surface area (Å²) < 4.78 is 1.59. The summed E-state index contributed by atoms with van der Waals surface area (Å²) in [6, 6.07) is 6.37. The van der Waals surface area contributed by atoms with E-state index in [0.29, 0.717) is 29.6 Å². The topological polar surface area (TPSA) is 110 Å². The SMILES string of the molecule is Cc1cc(NCCNc2ccc(Cl)cc2[N+](=O)[O-])n2ncnc2n1. The Kier molecular flexibility index (Phi) is 4.43. The molecule has 1 aromatic carbocycles. The highest BCUT2D eigenvalue weighted by molar-refractivity contribution is 6.30. The van der Waals surface area contributed by atoms with Gasteiger partial charge in [-0.05, 0) is 19.1 Å². The van der Waals surface area contributed by atoms with Crippen molar-refractivity contribution < 1.29 is 4.92 Å². The molecular weight excluding hydrogens is 334 g/mol. The lowest BCUT2D eigenvalue weighted by atomic mass is 10.2. The minimum Gasteiger partial charge on any atom is -0.378 e. The van der Waals surface area contributed by atoms with Crippen molar-refractivity contribution in [2.24, 2.45) is 0 Å². The van der Waals surface area contributed by atoms with Crippen LogP contribution in [0.5, 0.6) is 0 Å². The van der Waals surface area contributed by atoms with Gasteiger partial charge in [-0.15, -0.1) is 0 Å². The quantitative estimate of drug-likeness (QED) is 0.400. The molecule has 2 heterocycles. The van der Waals surface area contributed by atoms with Gasteiger partial charge in [0.15, 0.2) is 0 Å². The summed E-state index contributed by atoms with van der Waals surface area (Å²) in [6.07, 6.45) is 1.43. The molecule has 24 heavy (non-hydrogen) atoms. The van der Waals surface area contributed by atoms with Crippen molar-refractivity contribution in [3.05, 3.63) is 51.4 Å². The van der Waals surface area contributed by atoms with Crippen LogP contribution in [0.25, 0.3) is 5.78 Å². The fourth-order valence-electron chi connectivity index (χ4n) is 2.25. The standard InChI is InChI=1S/C14H14ClN7O2/c1-9-6-13(21-14(20-9)18-8-19-21)17-5-4-16-11-3-2-10(15)7-12(11)22(23)24/h2-3,6-8,16-17H,4-5H2,1H3. The Morgan fingerprint density at radius 3 is 2.88 bits per heavy atom. The van der Waals surface area contributed by atoms with Crippen molar-refractivity contribution in [1.82, 2.24) is 19.6 Å². The van der Waals surface area contributed by atoms with E-state index in [1.165, 1.54) is 12.4 Å². The van der Waals surface area contributed by atoms with Gasteiger partial charge in [-0.25, -0.2) is 4.98 Å². The maximum absolute atomic E-state index is 11.0. The molecule has 0 aliphatic rings. The van der Waals surface area contributed by atoms with Gasteiger partial charge < -0.3 is 10.6 Å². The third-order valence-corrected chi connectivity index (χ3v) is 3.52. The number of fused-ring (bicyclic) bond motifs is 1. The molecule has 0 aliphatic heterocycles. The summed E-state index contributed by atoms with van der Waals surface area (Å²) in [7, 11) is 0. The molecule has 0 spiro atoms. The van der Waals surface area contributed by atoms with Crippen LogP contribution in [0.4, 0.5) is 17.2 Å². The van der Waals surface area contributed by atoms with E-state index in [0.717, 1.165) is 11.5 Å². The Morgan fingerprint density at radius 1 is 1.29 bits per heavy atom. The molecule has 3 rings (SSSR count). The first-order valence-electron chi connectivity index (χ1n) is 7.13. The maximum Gasteiger partial charge on any atom is 0.293 e. The molecule has 0 atom stereocenters. The van der Waals surface area contributed by atoms with Crippen molar-refractivity contribution >= 4 is 34.6 Å². The van der Waals surface area contributed by atoms with E-state index in [1.807, 2.05) is 13.0 Å². The van der Waals surface area contributed by atoms with Gasteiger partial charge in [0.25, 0.3) is 11.5 Å². The summed E-state index contributed by atoms with van der Waals surface area (Å²) in [5.41, 5.74) is 1.18. The van der Waals surface area contributed by atoms with Crippen molar-refractivity contribution in [3.8, 4) is 0 Å². The molecule has 2 N–H and O–H groups in total. The van der Waals surface area contributed by atoms with E-state index in [2.05, 4.69) is 25.7 Å². The van der Waals surface area contributed by atoms with Crippen LogP contribution in [0.15, 0.2) is 30.6 Å². The third-order valence-electron chi connectivity index (χ3n) is 3.28. The fraction of sp³-hybridized carbons (Fsp3) is 0.214. The highest BCUT2D eigenvalue weighted by atomic mass is 35.5. The summed E-state index contributed by atoms with van der Waals surface area (Å²) in [4.78, 5) is 18.9. The van der Waals surface area contributed by atoms with E-state index in [1.54, 1.807) is 16.6 Å². The molecule has 0 radical (unpaired) electrons. The van der Waals surface area contributed by atoms with E-state index in [9.17, 15) is 10.1 Å². The Morgan fingerprint density at radius 2 is 2.08 bits per heavy atom. The van der Waals surface area contributed by atoms with Crippen LogP contribution in [0.1, 0.15) is 5.69 Å². The lowest BCUT2D eigenvalue weighted by molar-refractivity contribution is -0.383. The Hall–Kier alpha value is -2.94. The molecule has 0 saturated carbocycles. The van der Waals surface area contributed by atoms with Gasteiger partial charge in [0, 0.05) is 35.9 Å². The number of nitro benzene ring substituents is 1. The van der Waals surface area contributed by atoms with Crippen LogP contribution in [-0.4, -0.2) is 37.6 Å².